The SMILES string of the molecule is NCCCCC(N)C(=O)NC(CO)C(=O)NC(Cc1c[nH]c2ccccc12)C(=O)NC(CCCCN)C(=O)O. The third kappa shape index (κ3) is 9.94. The maximum Gasteiger partial charge on any atom is 0.326 e. The number of nitrogens with one attached hydrogen (secondary N) is 4. The summed E-state index contributed by atoms with van der Waals surface area (Å²) < 4.78 is 0. The van der Waals surface area contributed by atoms with Gasteiger partial charge in [-0.25, -0.2) is 4.79 Å². The largest absolute Gasteiger partial charge is 0.480 e. The van der Waals surface area contributed by atoms with Crippen molar-refractivity contribution >= 4 is 34.6 Å². The maximum absolute atomic E-state index is 13.3. The topological polar surface area (TPSA) is 239 Å². The molecule has 0 spiro atoms. The number of aromatic nitrogens is 1. The molecular formula is C26H41N7O6. The number of aliphatic hydroxyl groups is 1. The van der Waals surface area contributed by atoms with Crippen LogP contribution in [0.25, 0.3) is 10.9 Å². The van der Waals surface area contributed by atoms with Gasteiger partial charge in [0, 0.05) is 23.5 Å². The second kappa shape index (κ2) is 16.4. The molecule has 0 saturated heterocycles. The van der Waals surface area contributed by atoms with Crippen molar-refractivity contribution in [3.05, 3.63) is 36.0 Å². The highest BCUT2D eigenvalue weighted by Gasteiger charge is 2.30. The summed E-state index contributed by atoms with van der Waals surface area (Å²) in [7, 11) is 0. The molecular weight excluding hydrogens is 506 g/mol. The number of aromatic amines is 1. The number of carboxylic acid groups (broad SMARTS) is 1. The van der Waals surface area contributed by atoms with E-state index in [0.29, 0.717) is 50.8 Å². The molecule has 13 nitrogen and oxygen atoms in total. The summed E-state index contributed by atoms with van der Waals surface area (Å²) in [5.74, 6) is -3.35. The van der Waals surface area contributed by atoms with E-state index in [0.717, 1.165) is 10.9 Å². The molecule has 4 unspecified atom stereocenters. The van der Waals surface area contributed by atoms with E-state index in [1.807, 2.05) is 24.3 Å². The molecule has 13 heteroatoms. The molecule has 12 N–H and O–H groups in total. The minimum Gasteiger partial charge on any atom is -0.480 e. The molecule has 0 fully saturated rings. The second-order valence-electron chi connectivity index (χ2n) is 9.44. The molecule has 1 heterocycles. The number of hydrogen-bond acceptors (Lipinski definition) is 8. The monoisotopic (exact) mass is 547 g/mol. The number of aliphatic carboxylic acids is 1. The summed E-state index contributed by atoms with van der Waals surface area (Å²) in [5, 5.41) is 27.7. The minimum atomic E-state index is -1.36. The van der Waals surface area contributed by atoms with Gasteiger partial charge in [0.25, 0.3) is 0 Å². The van der Waals surface area contributed by atoms with Crippen LogP contribution in [0.1, 0.15) is 44.1 Å². The molecule has 1 aromatic heterocycles. The normalized spacial score (nSPS) is 14.3. The standard InChI is InChI=1S/C26H41N7O6/c27-11-5-3-8-18(29)23(35)33-22(15-34)25(37)32-21(13-16-14-30-19-9-2-1-7-17(16)19)24(36)31-20(26(38)39)10-4-6-12-28/h1-2,7,9,14,18,20-22,30,34H,3-6,8,10-13,15,27-29H2,(H,31,36)(H,32,37)(H,33,35)(H,38,39). The zero-order chi connectivity index (χ0) is 28.8. The van der Waals surface area contributed by atoms with Crippen LogP contribution in [0.5, 0.6) is 0 Å². The van der Waals surface area contributed by atoms with Crippen LogP contribution in [0.4, 0.5) is 0 Å². The van der Waals surface area contributed by atoms with Crippen molar-refractivity contribution in [2.24, 2.45) is 17.2 Å². The van der Waals surface area contributed by atoms with Crippen molar-refractivity contribution in [3.8, 4) is 0 Å². The van der Waals surface area contributed by atoms with E-state index in [1.165, 1.54) is 0 Å². The Bertz CT molecular complexity index is 1090. The van der Waals surface area contributed by atoms with E-state index in [2.05, 4.69) is 20.9 Å². The van der Waals surface area contributed by atoms with Crippen molar-refractivity contribution < 1.29 is 29.4 Å². The Labute approximate surface area is 227 Å². The number of rotatable bonds is 18. The van der Waals surface area contributed by atoms with Crippen molar-refractivity contribution in [2.45, 2.75) is 69.1 Å². The number of carbonyl (C=O) groups is 4. The van der Waals surface area contributed by atoms with Crippen LogP contribution in [0.2, 0.25) is 0 Å². The molecule has 2 rings (SSSR count). The number of carboxylic acids is 1. The van der Waals surface area contributed by atoms with E-state index in [9.17, 15) is 29.4 Å². The summed E-state index contributed by atoms with van der Waals surface area (Å²) >= 11 is 0. The number of hydrogen-bond donors (Lipinski definition) is 9. The Morgan fingerprint density at radius 3 is 2.05 bits per heavy atom. The Morgan fingerprint density at radius 2 is 1.41 bits per heavy atom. The Balaban J connectivity index is 2.19. The van der Waals surface area contributed by atoms with Crippen molar-refractivity contribution in [3.63, 3.8) is 0 Å². The fourth-order valence-electron chi connectivity index (χ4n) is 4.14. The number of benzene rings is 1. The quantitative estimate of drug-likeness (QED) is 0.102. The number of nitrogens with two attached hydrogens (primary N) is 3. The van der Waals surface area contributed by atoms with Crippen LogP contribution < -0.4 is 33.2 Å². The van der Waals surface area contributed by atoms with Gasteiger partial charge in [0.05, 0.1) is 12.6 Å². The molecule has 0 saturated carbocycles. The van der Waals surface area contributed by atoms with Gasteiger partial charge in [-0.05, 0) is 56.8 Å². The summed E-state index contributed by atoms with van der Waals surface area (Å²) in [4.78, 5) is 53.7. The first-order valence-electron chi connectivity index (χ1n) is 13.2. The highest BCUT2D eigenvalue weighted by atomic mass is 16.4. The highest BCUT2D eigenvalue weighted by molar-refractivity contribution is 5.95. The number of aliphatic hydroxyl groups excluding tert-OH is 1. The fourth-order valence-corrected chi connectivity index (χ4v) is 4.14. The average molecular weight is 548 g/mol. The lowest BCUT2D eigenvalue weighted by molar-refractivity contribution is -0.142. The van der Waals surface area contributed by atoms with Crippen molar-refractivity contribution in [2.75, 3.05) is 19.7 Å². The molecule has 0 aliphatic heterocycles. The molecule has 0 aliphatic carbocycles. The lowest BCUT2D eigenvalue weighted by Crippen LogP contribution is -2.58. The van der Waals surface area contributed by atoms with Gasteiger partial charge in [-0.1, -0.05) is 24.6 Å². The van der Waals surface area contributed by atoms with Crippen LogP contribution in [-0.4, -0.2) is 82.8 Å². The van der Waals surface area contributed by atoms with Crippen LogP contribution in [0.3, 0.4) is 0 Å². The molecule has 0 bridgehead atoms. The first-order valence-corrected chi connectivity index (χ1v) is 13.2. The summed E-state index contributed by atoms with van der Waals surface area (Å²) in [6, 6.07) is 2.77. The number of fused-ring (bicyclic) bond motifs is 1. The third-order valence-electron chi connectivity index (χ3n) is 6.42. The van der Waals surface area contributed by atoms with Crippen LogP contribution >= 0.6 is 0 Å². The van der Waals surface area contributed by atoms with Crippen molar-refractivity contribution in [1.29, 1.82) is 0 Å². The number of para-hydroxylation sites is 1. The number of H-pyrrole nitrogens is 1. The Hall–Kier alpha value is -3.52. The van der Waals surface area contributed by atoms with Crippen molar-refractivity contribution in [1.82, 2.24) is 20.9 Å². The molecule has 0 aliphatic rings. The molecule has 1 aromatic carbocycles. The predicted octanol–water partition coefficient (Wildman–Crippen LogP) is -1.17. The van der Waals surface area contributed by atoms with Gasteiger partial charge in [0.15, 0.2) is 0 Å². The van der Waals surface area contributed by atoms with Crippen LogP contribution in [0.15, 0.2) is 30.5 Å². The summed E-state index contributed by atoms with van der Waals surface area (Å²) in [5.41, 5.74) is 18.4. The zero-order valence-electron chi connectivity index (χ0n) is 22.0. The highest BCUT2D eigenvalue weighted by Crippen LogP contribution is 2.19. The molecule has 4 atom stereocenters. The Morgan fingerprint density at radius 1 is 0.821 bits per heavy atom. The van der Waals surface area contributed by atoms with Gasteiger partial charge in [-0.3, -0.25) is 14.4 Å². The van der Waals surface area contributed by atoms with E-state index >= 15 is 0 Å². The van der Waals surface area contributed by atoms with Gasteiger partial charge in [-0.15, -0.1) is 0 Å². The van der Waals surface area contributed by atoms with E-state index in [4.69, 9.17) is 17.2 Å². The lowest BCUT2D eigenvalue weighted by atomic mass is 10.0. The summed E-state index contributed by atoms with van der Waals surface area (Å²) in [6.07, 6.45) is 4.68. The summed E-state index contributed by atoms with van der Waals surface area (Å²) in [6.45, 7) is 0.126. The number of carbonyl (C=O) groups excluding carboxylic acids is 3. The van der Waals surface area contributed by atoms with E-state index in [1.54, 1.807) is 6.20 Å². The third-order valence-corrected chi connectivity index (χ3v) is 6.42. The zero-order valence-corrected chi connectivity index (χ0v) is 22.0. The minimum absolute atomic E-state index is 0.0292. The van der Waals surface area contributed by atoms with E-state index in [-0.39, 0.29) is 12.8 Å². The average Bonchev–Trinajstić information content (AvgIpc) is 3.33. The molecule has 39 heavy (non-hydrogen) atoms. The smallest absolute Gasteiger partial charge is 0.326 e. The molecule has 0 radical (unpaired) electrons. The molecule has 216 valence electrons. The van der Waals surface area contributed by atoms with Gasteiger partial charge >= 0.3 is 5.97 Å². The lowest BCUT2D eigenvalue weighted by Gasteiger charge is -2.24. The van der Waals surface area contributed by atoms with Gasteiger partial charge in [0.1, 0.15) is 18.1 Å². The molecule has 2 aromatic rings. The van der Waals surface area contributed by atoms with Crippen LogP contribution in [0, 0.1) is 0 Å². The first-order chi connectivity index (χ1) is 18.7. The van der Waals surface area contributed by atoms with Gasteiger partial charge < -0.3 is 48.3 Å². The Kier molecular flexibility index (Phi) is 13.4. The predicted molar refractivity (Wildman–Crippen MR) is 146 cm³/mol. The maximum atomic E-state index is 13.3. The number of unbranched alkanes of at least 4 members (excludes halogenated alkanes) is 2. The molecule has 3 amide bonds. The first kappa shape index (κ1) is 31.7. The fraction of sp³-hybridized carbons (Fsp3) is 0.538. The van der Waals surface area contributed by atoms with Gasteiger partial charge in [-0.2, -0.15) is 0 Å². The van der Waals surface area contributed by atoms with Crippen LogP contribution in [-0.2, 0) is 25.6 Å². The van der Waals surface area contributed by atoms with Gasteiger partial charge in [0.2, 0.25) is 17.7 Å². The van der Waals surface area contributed by atoms with E-state index < -0.39 is 54.5 Å². The number of amides is 3. The second-order valence-corrected chi connectivity index (χ2v) is 9.44.